The van der Waals surface area contributed by atoms with Crippen LogP contribution in [0.2, 0.25) is 5.02 Å². The Balaban J connectivity index is 1.64. The van der Waals surface area contributed by atoms with Gasteiger partial charge in [-0.05, 0) is 36.2 Å². The molecule has 1 saturated heterocycles. The van der Waals surface area contributed by atoms with Crippen molar-refractivity contribution < 1.29 is 19.1 Å². The number of imide groups is 1. The number of rotatable bonds is 3. The summed E-state index contributed by atoms with van der Waals surface area (Å²) in [5.74, 6) is 0.869. The quantitative estimate of drug-likeness (QED) is 0.841. The topological polar surface area (TPSA) is 67.9 Å². The van der Waals surface area contributed by atoms with Gasteiger partial charge < -0.3 is 14.8 Å². The molecule has 0 spiro atoms. The Bertz CT molecular complexity index is 901. The number of hydrogen-bond acceptors (Lipinski definition) is 4. The fourth-order valence-electron chi connectivity index (χ4n) is 3.19. The van der Waals surface area contributed by atoms with Crippen molar-refractivity contribution in [3.63, 3.8) is 0 Å². The Morgan fingerprint density at radius 1 is 1.12 bits per heavy atom. The molecule has 0 saturated carbocycles. The molecular weight excluding hydrogens is 356 g/mol. The van der Waals surface area contributed by atoms with E-state index in [4.69, 9.17) is 21.1 Å². The Kier molecular flexibility index (Phi) is 4.00. The third-order valence-electron chi connectivity index (χ3n) is 4.68. The Morgan fingerprint density at radius 2 is 1.85 bits per heavy atom. The summed E-state index contributed by atoms with van der Waals surface area (Å²) in [4.78, 5) is 26.7. The first kappa shape index (κ1) is 16.7. The SMILES string of the molecule is C[C@]1(c2ccc3c(c2)OCCO3)NC(=O)N(Cc2ccccc2Cl)C1=O. The summed E-state index contributed by atoms with van der Waals surface area (Å²) in [7, 11) is 0. The lowest BCUT2D eigenvalue weighted by molar-refractivity contribution is -0.131. The molecule has 0 unspecified atom stereocenters. The lowest BCUT2D eigenvalue weighted by Gasteiger charge is -2.25. The molecule has 1 fully saturated rings. The van der Waals surface area contributed by atoms with Crippen molar-refractivity contribution in [2.75, 3.05) is 13.2 Å². The van der Waals surface area contributed by atoms with E-state index >= 15 is 0 Å². The van der Waals surface area contributed by atoms with Gasteiger partial charge in [-0.25, -0.2) is 4.79 Å². The minimum atomic E-state index is -1.17. The zero-order valence-corrected chi connectivity index (χ0v) is 14.9. The zero-order valence-electron chi connectivity index (χ0n) is 14.1. The summed E-state index contributed by atoms with van der Waals surface area (Å²) >= 11 is 6.17. The van der Waals surface area contributed by atoms with E-state index in [1.54, 1.807) is 43.3 Å². The molecule has 0 radical (unpaired) electrons. The van der Waals surface area contributed by atoms with Gasteiger partial charge in [-0.15, -0.1) is 0 Å². The predicted octanol–water partition coefficient (Wildman–Crippen LogP) is 3.08. The molecule has 134 valence electrons. The standard InChI is InChI=1S/C19H17ClN2O4/c1-19(13-6-7-15-16(10-13)26-9-8-25-15)17(23)22(18(24)21-19)11-12-4-2-3-5-14(12)20/h2-7,10H,8-9,11H2,1H3,(H,21,24)/t19-/m1/s1. The van der Waals surface area contributed by atoms with E-state index in [0.29, 0.717) is 40.9 Å². The number of ether oxygens (including phenoxy) is 2. The summed E-state index contributed by atoms with van der Waals surface area (Å²) in [5.41, 5.74) is 0.180. The van der Waals surface area contributed by atoms with Crippen molar-refractivity contribution in [2.45, 2.75) is 19.0 Å². The van der Waals surface area contributed by atoms with E-state index in [-0.39, 0.29) is 12.5 Å². The monoisotopic (exact) mass is 372 g/mol. The number of urea groups is 1. The van der Waals surface area contributed by atoms with Gasteiger partial charge in [0.2, 0.25) is 0 Å². The highest BCUT2D eigenvalue weighted by atomic mass is 35.5. The number of nitrogens with one attached hydrogen (secondary N) is 1. The summed E-state index contributed by atoms with van der Waals surface area (Å²) < 4.78 is 11.1. The highest BCUT2D eigenvalue weighted by Gasteiger charge is 2.49. The van der Waals surface area contributed by atoms with E-state index in [0.717, 1.165) is 0 Å². The molecule has 2 aromatic carbocycles. The van der Waals surface area contributed by atoms with E-state index in [2.05, 4.69) is 5.32 Å². The lowest BCUT2D eigenvalue weighted by Crippen LogP contribution is -2.41. The fourth-order valence-corrected chi connectivity index (χ4v) is 3.38. The van der Waals surface area contributed by atoms with Crippen LogP contribution in [0.3, 0.4) is 0 Å². The molecule has 3 amide bonds. The average Bonchev–Trinajstić information content (AvgIpc) is 2.87. The number of nitrogens with zero attached hydrogens (tertiary/aromatic N) is 1. The van der Waals surface area contributed by atoms with Gasteiger partial charge in [0, 0.05) is 5.02 Å². The van der Waals surface area contributed by atoms with Gasteiger partial charge in [0.15, 0.2) is 11.5 Å². The minimum Gasteiger partial charge on any atom is -0.486 e. The second kappa shape index (κ2) is 6.21. The molecule has 2 aliphatic rings. The molecular formula is C19H17ClN2O4. The van der Waals surface area contributed by atoms with E-state index in [1.807, 2.05) is 6.07 Å². The molecule has 26 heavy (non-hydrogen) atoms. The van der Waals surface area contributed by atoms with E-state index in [1.165, 1.54) is 4.90 Å². The first-order valence-corrected chi connectivity index (χ1v) is 8.64. The van der Waals surface area contributed by atoms with Gasteiger partial charge in [-0.1, -0.05) is 35.9 Å². The van der Waals surface area contributed by atoms with Crippen molar-refractivity contribution >= 4 is 23.5 Å². The number of carbonyl (C=O) groups is 2. The van der Waals surface area contributed by atoms with Crippen LogP contribution in [-0.2, 0) is 16.9 Å². The van der Waals surface area contributed by atoms with Crippen LogP contribution in [-0.4, -0.2) is 30.1 Å². The van der Waals surface area contributed by atoms with Crippen LogP contribution < -0.4 is 14.8 Å². The van der Waals surface area contributed by atoms with Crippen LogP contribution in [0.25, 0.3) is 0 Å². The van der Waals surface area contributed by atoms with Crippen molar-refractivity contribution in [1.82, 2.24) is 10.2 Å². The number of halogens is 1. The van der Waals surface area contributed by atoms with Crippen LogP contribution in [0, 0.1) is 0 Å². The molecule has 2 aromatic rings. The van der Waals surface area contributed by atoms with Crippen molar-refractivity contribution in [3.8, 4) is 11.5 Å². The first-order valence-electron chi connectivity index (χ1n) is 8.27. The largest absolute Gasteiger partial charge is 0.486 e. The molecule has 1 N–H and O–H groups in total. The highest BCUT2D eigenvalue weighted by Crippen LogP contribution is 2.37. The average molecular weight is 373 g/mol. The van der Waals surface area contributed by atoms with E-state index < -0.39 is 11.6 Å². The molecule has 1 atom stereocenters. The Morgan fingerprint density at radius 3 is 2.62 bits per heavy atom. The first-order chi connectivity index (χ1) is 12.5. The molecule has 0 aliphatic carbocycles. The number of amides is 3. The number of benzene rings is 2. The Labute approximate surface area is 155 Å². The number of fused-ring (bicyclic) bond motifs is 1. The van der Waals surface area contributed by atoms with Crippen molar-refractivity contribution in [3.05, 3.63) is 58.6 Å². The summed E-state index contributed by atoms with van der Waals surface area (Å²) in [6.07, 6.45) is 0. The third kappa shape index (κ3) is 2.66. The maximum atomic E-state index is 13.0. The Hall–Kier alpha value is -2.73. The van der Waals surface area contributed by atoms with Gasteiger partial charge in [0.05, 0.1) is 6.54 Å². The number of hydrogen-bond donors (Lipinski definition) is 1. The maximum Gasteiger partial charge on any atom is 0.325 e. The second-order valence-corrected chi connectivity index (χ2v) is 6.80. The van der Waals surface area contributed by atoms with Gasteiger partial charge in [0.1, 0.15) is 18.8 Å². The number of carbonyl (C=O) groups excluding carboxylic acids is 2. The minimum absolute atomic E-state index is 0.116. The fraction of sp³-hybridized carbons (Fsp3) is 0.263. The van der Waals surface area contributed by atoms with Gasteiger partial charge in [-0.3, -0.25) is 9.69 Å². The van der Waals surface area contributed by atoms with Crippen LogP contribution in [0.15, 0.2) is 42.5 Å². The van der Waals surface area contributed by atoms with Crippen LogP contribution >= 0.6 is 11.6 Å². The molecule has 0 bridgehead atoms. The predicted molar refractivity (Wildman–Crippen MR) is 95.3 cm³/mol. The van der Waals surface area contributed by atoms with Gasteiger partial charge in [0.25, 0.3) is 5.91 Å². The third-order valence-corrected chi connectivity index (χ3v) is 5.05. The summed E-state index contributed by atoms with van der Waals surface area (Å²) in [6, 6.07) is 12.0. The van der Waals surface area contributed by atoms with E-state index in [9.17, 15) is 9.59 Å². The highest BCUT2D eigenvalue weighted by molar-refractivity contribution is 6.31. The van der Waals surface area contributed by atoms with Crippen molar-refractivity contribution in [2.24, 2.45) is 0 Å². The smallest absolute Gasteiger partial charge is 0.325 e. The van der Waals surface area contributed by atoms with Crippen molar-refractivity contribution in [1.29, 1.82) is 0 Å². The lowest BCUT2D eigenvalue weighted by atomic mass is 9.91. The molecule has 7 heteroatoms. The van der Waals surface area contributed by atoms with Gasteiger partial charge in [-0.2, -0.15) is 0 Å². The molecule has 0 aromatic heterocycles. The van der Waals surface area contributed by atoms with Crippen LogP contribution in [0.4, 0.5) is 4.79 Å². The summed E-state index contributed by atoms with van der Waals surface area (Å²) in [5, 5.41) is 3.31. The molecule has 2 heterocycles. The normalized spacial score (nSPS) is 21.7. The maximum absolute atomic E-state index is 13.0. The molecule has 2 aliphatic heterocycles. The summed E-state index contributed by atoms with van der Waals surface area (Å²) in [6.45, 7) is 2.74. The molecule has 4 rings (SSSR count). The van der Waals surface area contributed by atoms with Gasteiger partial charge >= 0.3 is 6.03 Å². The molecule has 6 nitrogen and oxygen atoms in total. The van der Waals surface area contributed by atoms with Crippen LogP contribution in [0.5, 0.6) is 11.5 Å². The zero-order chi connectivity index (χ0) is 18.3. The van der Waals surface area contributed by atoms with Crippen LogP contribution in [0.1, 0.15) is 18.1 Å². The second-order valence-electron chi connectivity index (χ2n) is 6.40.